The van der Waals surface area contributed by atoms with Crippen LogP contribution in [0.3, 0.4) is 0 Å². The molecule has 4 heteroatoms. The van der Waals surface area contributed by atoms with Crippen LogP contribution in [0.25, 0.3) is 0 Å². The minimum absolute atomic E-state index is 0.169. The molecule has 3 N–H and O–H groups in total. The summed E-state index contributed by atoms with van der Waals surface area (Å²) in [6.45, 7) is 13.6. The lowest BCUT2D eigenvalue weighted by Crippen LogP contribution is -2.30. The number of rotatable bonds is 9. The van der Waals surface area contributed by atoms with Crippen molar-refractivity contribution in [1.29, 1.82) is 0 Å². The Bertz CT molecular complexity index is 641. The van der Waals surface area contributed by atoms with E-state index >= 15 is 0 Å². The first-order valence-electron chi connectivity index (χ1n) is 9.98. The largest absolute Gasteiger partial charge is 0.370 e. The van der Waals surface area contributed by atoms with Gasteiger partial charge in [0.1, 0.15) is 5.82 Å². The van der Waals surface area contributed by atoms with Crippen LogP contribution in [0.5, 0.6) is 0 Å². The van der Waals surface area contributed by atoms with Gasteiger partial charge in [-0.2, -0.15) is 0 Å². The number of allylic oxidation sites excluding steroid dienone is 2. The Labute approximate surface area is 158 Å². The third kappa shape index (κ3) is 4.67. The third-order valence-electron chi connectivity index (χ3n) is 5.31. The minimum Gasteiger partial charge on any atom is -0.370 e. The molecule has 1 unspecified atom stereocenters. The van der Waals surface area contributed by atoms with Crippen molar-refractivity contribution in [3.63, 3.8) is 0 Å². The van der Waals surface area contributed by atoms with Crippen LogP contribution in [-0.4, -0.2) is 24.5 Å². The molecule has 0 aliphatic carbocycles. The van der Waals surface area contributed by atoms with Crippen molar-refractivity contribution in [1.82, 2.24) is 4.90 Å². The molecule has 1 atom stereocenters. The van der Waals surface area contributed by atoms with Gasteiger partial charge in [0.2, 0.25) is 0 Å². The van der Waals surface area contributed by atoms with E-state index in [-0.39, 0.29) is 5.82 Å². The van der Waals surface area contributed by atoms with Crippen molar-refractivity contribution in [2.75, 3.05) is 25.0 Å². The van der Waals surface area contributed by atoms with Crippen molar-refractivity contribution in [3.8, 4) is 0 Å². The molecule has 1 heterocycles. The molecule has 0 saturated carbocycles. The minimum atomic E-state index is -0.169. The molecular formula is C22H34FN3. The van der Waals surface area contributed by atoms with E-state index in [1.165, 1.54) is 23.0 Å². The maximum absolute atomic E-state index is 13.5. The molecule has 0 radical (unpaired) electrons. The van der Waals surface area contributed by atoms with E-state index in [4.69, 9.17) is 5.73 Å². The number of nitrogens with zero attached hydrogens (tertiary/aromatic N) is 1. The van der Waals surface area contributed by atoms with Gasteiger partial charge in [-0.25, -0.2) is 4.39 Å². The second-order valence-corrected chi connectivity index (χ2v) is 7.01. The molecule has 3 nitrogen and oxygen atoms in total. The summed E-state index contributed by atoms with van der Waals surface area (Å²) in [6, 6.07) is 5.00. The van der Waals surface area contributed by atoms with Crippen molar-refractivity contribution in [2.45, 2.75) is 52.9 Å². The van der Waals surface area contributed by atoms with Gasteiger partial charge in [-0.05, 0) is 81.3 Å². The second kappa shape index (κ2) is 9.77. The highest BCUT2D eigenvalue weighted by atomic mass is 19.1. The number of nitrogens with two attached hydrogens (primary N) is 1. The molecule has 0 bridgehead atoms. The van der Waals surface area contributed by atoms with Gasteiger partial charge >= 0.3 is 0 Å². The Morgan fingerprint density at radius 1 is 1.23 bits per heavy atom. The van der Waals surface area contributed by atoms with E-state index in [2.05, 4.69) is 37.6 Å². The molecule has 144 valence electrons. The van der Waals surface area contributed by atoms with E-state index in [0.29, 0.717) is 12.5 Å². The number of benzene rings is 1. The fraction of sp³-hybridized carbons (Fsp3) is 0.545. The first kappa shape index (κ1) is 20.5. The maximum atomic E-state index is 13.5. The average molecular weight is 360 g/mol. The molecule has 1 aliphatic heterocycles. The predicted octanol–water partition coefficient (Wildman–Crippen LogP) is 5.06. The van der Waals surface area contributed by atoms with Gasteiger partial charge in [-0.3, -0.25) is 0 Å². The Balaban J connectivity index is 2.42. The van der Waals surface area contributed by atoms with Gasteiger partial charge in [0.15, 0.2) is 0 Å². The lowest BCUT2D eigenvalue weighted by Gasteiger charge is -2.34. The number of halogens is 1. The van der Waals surface area contributed by atoms with Gasteiger partial charge in [-0.15, -0.1) is 0 Å². The monoisotopic (exact) mass is 359 g/mol. The number of aryl methyl sites for hydroxylation is 1. The van der Waals surface area contributed by atoms with Crippen LogP contribution in [0.4, 0.5) is 10.1 Å². The lowest BCUT2D eigenvalue weighted by molar-refractivity contribution is 0.367. The summed E-state index contributed by atoms with van der Waals surface area (Å²) in [7, 11) is 0. The van der Waals surface area contributed by atoms with Crippen LogP contribution in [-0.2, 0) is 6.42 Å². The van der Waals surface area contributed by atoms with Gasteiger partial charge in [0.05, 0.1) is 5.70 Å². The van der Waals surface area contributed by atoms with Crippen molar-refractivity contribution < 1.29 is 4.39 Å². The fourth-order valence-corrected chi connectivity index (χ4v) is 3.92. The molecule has 0 spiro atoms. The van der Waals surface area contributed by atoms with Crippen LogP contribution < -0.4 is 11.1 Å². The zero-order chi connectivity index (χ0) is 19.1. The van der Waals surface area contributed by atoms with Crippen LogP contribution >= 0.6 is 0 Å². The highest BCUT2D eigenvalue weighted by Crippen LogP contribution is 2.35. The predicted molar refractivity (Wildman–Crippen MR) is 110 cm³/mol. The lowest BCUT2D eigenvalue weighted by atomic mass is 9.87. The topological polar surface area (TPSA) is 41.3 Å². The SMILES string of the molecule is C=C(/C(=C1/CCc2cc(F)ccc2N1)N(CC)CC)C(CCC)CCN. The maximum Gasteiger partial charge on any atom is 0.123 e. The Morgan fingerprint density at radius 3 is 2.58 bits per heavy atom. The average Bonchev–Trinajstić information content (AvgIpc) is 2.65. The molecule has 0 aromatic heterocycles. The summed E-state index contributed by atoms with van der Waals surface area (Å²) >= 11 is 0. The highest BCUT2D eigenvalue weighted by Gasteiger charge is 2.24. The quantitative estimate of drug-likeness (QED) is 0.647. The summed E-state index contributed by atoms with van der Waals surface area (Å²) < 4.78 is 13.5. The van der Waals surface area contributed by atoms with Crippen LogP contribution in [0, 0.1) is 11.7 Å². The van der Waals surface area contributed by atoms with Crippen LogP contribution in [0.15, 0.2) is 41.7 Å². The van der Waals surface area contributed by atoms with Crippen molar-refractivity contribution in [3.05, 3.63) is 53.1 Å². The molecule has 0 saturated heterocycles. The normalized spacial score (nSPS) is 16.5. The summed E-state index contributed by atoms with van der Waals surface area (Å²) in [5.41, 5.74) is 11.6. The van der Waals surface area contributed by atoms with Gasteiger partial charge in [-0.1, -0.05) is 19.9 Å². The number of fused-ring (bicyclic) bond motifs is 1. The first-order chi connectivity index (χ1) is 12.5. The van der Waals surface area contributed by atoms with E-state index in [9.17, 15) is 4.39 Å². The molecule has 1 aliphatic rings. The molecule has 26 heavy (non-hydrogen) atoms. The number of hydrogen-bond acceptors (Lipinski definition) is 3. The second-order valence-electron chi connectivity index (χ2n) is 7.01. The fourth-order valence-electron chi connectivity index (χ4n) is 3.92. The number of nitrogens with one attached hydrogen (secondary N) is 1. The first-order valence-corrected chi connectivity index (χ1v) is 9.98. The van der Waals surface area contributed by atoms with Gasteiger partial charge < -0.3 is 16.0 Å². The van der Waals surface area contributed by atoms with Gasteiger partial charge in [0.25, 0.3) is 0 Å². The summed E-state index contributed by atoms with van der Waals surface area (Å²) in [4.78, 5) is 2.39. The standard InChI is InChI=1S/C22H34FN3/c1-5-8-17(13-14-24)16(4)22(26(6-2)7-3)21-11-9-18-15-19(23)10-12-20(18)25-21/h10,12,15,17,25H,4-9,11,13-14,24H2,1-3H3/b22-21+. The number of likely N-dealkylation sites (N-methyl/N-ethyl adjacent to an activating group) is 1. The third-order valence-corrected chi connectivity index (χ3v) is 5.31. The van der Waals surface area contributed by atoms with E-state index in [1.807, 2.05) is 6.07 Å². The summed E-state index contributed by atoms with van der Waals surface area (Å²) in [5, 5.41) is 3.57. The van der Waals surface area contributed by atoms with Crippen LogP contribution in [0.2, 0.25) is 0 Å². The van der Waals surface area contributed by atoms with Crippen LogP contribution in [0.1, 0.15) is 52.0 Å². The molecule has 2 rings (SSSR count). The number of hydrogen-bond donors (Lipinski definition) is 2. The molecule has 1 aromatic rings. The zero-order valence-corrected chi connectivity index (χ0v) is 16.6. The van der Waals surface area contributed by atoms with E-state index in [1.54, 1.807) is 6.07 Å². The highest BCUT2D eigenvalue weighted by molar-refractivity contribution is 5.59. The Hall–Kier alpha value is -1.81. The molecule has 0 fully saturated rings. The Morgan fingerprint density at radius 2 is 1.96 bits per heavy atom. The van der Waals surface area contributed by atoms with Crippen molar-refractivity contribution in [2.24, 2.45) is 11.7 Å². The molecule has 1 aromatic carbocycles. The smallest absolute Gasteiger partial charge is 0.123 e. The Kier molecular flexibility index (Phi) is 7.70. The van der Waals surface area contributed by atoms with Gasteiger partial charge in [0, 0.05) is 24.5 Å². The summed E-state index contributed by atoms with van der Waals surface area (Å²) in [5.74, 6) is 0.238. The van der Waals surface area contributed by atoms with E-state index in [0.717, 1.165) is 56.4 Å². The number of anilines is 1. The molecular weight excluding hydrogens is 325 g/mol. The summed E-state index contributed by atoms with van der Waals surface area (Å²) in [6.07, 6.45) is 4.92. The molecule has 0 amide bonds. The van der Waals surface area contributed by atoms with Crippen molar-refractivity contribution >= 4 is 5.69 Å². The zero-order valence-electron chi connectivity index (χ0n) is 16.6. The van der Waals surface area contributed by atoms with E-state index < -0.39 is 0 Å².